The van der Waals surface area contributed by atoms with Gasteiger partial charge in [0.05, 0.1) is 6.54 Å². The average Bonchev–Trinajstić information content (AvgIpc) is 2.68. The quantitative estimate of drug-likeness (QED) is 0.462. The average molecular weight is 447 g/mol. The maximum absolute atomic E-state index is 13.8. The molecule has 1 N–H and O–H groups in total. The monoisotopic (exact) mass is 446 g/mol. The second kappa shape index (κ2) is 8.91. The third kappa shape index (κ3) is 6.07. The van der Waals surface area contributed by atoms with Gasteiger partial charge in [-0.2, -0.15) is 0 Å². The van der Waals surface area contributed by atoms with Gasteiger partial charge in [0.15, 0.2) is 0 Å². The van der Waals surface area contributed by atoms with Crippen LogP contribution < -0.4 is 9.74 Å². The Kier molecular flexibility index (Phi) is 6.82. The lowest BCUT2D eigenvalue weighted by atomic mass is 10.0. The zero-order valence-electron chi connectivity index (χ0n) is 19.6. The summed E-state index contributed by atoms with van der Waals surface area (Å²) in [5.41, 5.74) is 3.01. The van der Waals surface area contributed by atoms with E-state index in [0.29, 0.717) is 6.42 Å². The molecular weight excluding hydrogens is 410 g/mol. The lowest BCUT2D eigenvalue weighted by Gasteiger charge is -2.36. The molecular formula is C25H36F2N2OSi. The Bertz CT molecular complexity index is 861. The standard InChI is InChI=1S/C25H36F2N2OSi/c1-19(29-17-7-16-25(26,27)18-29)20-8-10-21(11-9-20)28-22-12-14-23(15-13-22)30-31(5,6)24(2,3)4/h8-15,19,28H,7,16-18H2,1-6H3. The Balaban J connectivity index is 1.61. The minimum absolute atomic E-state index is 0.00119. The molecule has 1 aliphatic heterocycles. The molecule has 0 bridgehead atoms. The van der Waals surface area contributed by atoms with Crippen LogP contribution in [0.5, 0.6) is 5.75 Å². The second-order valence-corrected chi connectivity index (χ2v) is 15.0. The van der Waals surface area contributed by atoms with Crippen LogP contribution in [0.25, 0.3) is 0 Å². The molecule has 170 valence electrons. The van der Waals surface area contributed by atoms with Crippen molar-refractivity contribution in [3.8, 4) is 5.75 Å². The van der Waals surface area contributed by atoms with Crippen LogP contribution in [-0.4, -0.2) is 32.2 Å². The van der Waals surface area contributed by atoms with E-state index in [0.717, 1.165) is 29.2 Å². The summed E-state index contributed by atoms with van der Waals surface area (Å²) in [7, 11) is -1.85. The summed E-state index contributed by atoms with van der Waals surface area (Å²) in [5.74, 6) is -1.67. The molecule has 2 aromatic carbocycles. The van der Waals surface area contributed by atoms with Crippen molar-refractivity contribution in [1.29, 1.82) is 0 Å². The summed E-state index contributed by atoms with van der Waals surface area (Å²) in [5, 5.41) is 3.56. The van der Waals surface area contributed by atoms with E-state index in [1.165, 1.54) is 0 Å². The van der Waals surface area contributed by atoms with Crippen molar-refractivity contribution < 1.29 is 13.2 Å². The molecule has 2 aromatic rings. The molecule has 0 aromatic heterocycles. The van der Waals surface area contributed by atoms with Crippen molar-refractivity contribution in [1.82, 2.24) is 4.90 Å². The Morgan fingerprint density at radius 3 is 2.06 bits per heavy atom. The highest BCUT2D eigenvalue weighted by molar-refractivity contribution is 6.74. The first-order valence-electron chi connectivity index (χ1n) is 11.1. The molecule has 31 heavy (non-hydrogen) atoms. The first-order chi connectivity index (χ1) is 14.4. The molecule has 0 amide bonds. The smallest absolute Gasteiger partial charge is 0.260 e. The predicted octanol–water partition coefficient (Wildman–Crippen LogP) is 7.61. The van der Waals surface area contributed by atoms with Gasteiger partial charge in [0.1, 0.15) is 5.75 Å². The van der Waals surface area contributed by atoms with Crippen LogP contribution in [-0.2, 0) is 0 Å². The molecule has 0 aliphatic carbocycles. The molecule has 0 radical (unpaired) electrons. The molecule has 1 aliphatic rings. The van der Waals surface area contributed by atoms with E-state index in [1.54, 1.807) is 0 Å². The van der Waals surface area contributed by atoms with Crippen LogP contribution in [0, 0.1) is 0 Å². The molecule has 1 fully saturated rings. The summed E-state index contributed by atoms with van der Waals surface area (Å²) in [6.45, 7) is 13.8. The topological polar surface area (TPSA) is 24.5 Å². The minimum atomic E-state index is -2.57. The SMILES string of the molecule is CC(c1ccc(Nc2ccc(O[Si](C)(C)C(C)(C)C)cc2)cc1)N1CCCC(F)(F)C1. The maximum atomic E-state index is 13.8. The predicted molar refractivity (Wildman–Crippen MR) is 128 cm³/mol. The van der Waals surface area contributed by atoms with E-state index in [2.05, 4.69) is 39.2 Å². The molecule has 3 rings (SSSR count). The number of hydrogen-bond acceptors (Lipinski definition) is 3. The van der Waals surface area contributed by atoms with Gasteiger partial charge in [0.25, 0.3) is 5.92 Å². The van der Waals surface area contributed by atoms with Crippen molar-refractivity contribution in [3.63, 3.8) is 0 Å². The highest BCUT2D eigenvalue weighted by Crippen LogP contribution is 2.37. The van der Waals surface area contributed by atoms with E-state index in [-0.39, 0.29) is 24.0 Å². The van der Waals surface area contributed by atoms with Crippen LogP contribution >= 0.6 is 0 Å². The van der Waals surface area contributed by atoms with Crippen LogP contribution in [0.4, 0.5) is 20.2 Å². The number of nitrogens with one attached hydrogen (secondary N) is 1. The summed E-state index contributed by atoms with van der Waals surface area (Å²) in [6.07, 6.45) is 0.547. The first-order valence-corrected chi connectivity index (χ1v) is 14.1. The number of alkyl halides is 2. The van der Waals surface area contributed by atoms with Crippen molar-refractivity contribution in [2.24, 2.45) is 0 Å². The van der Waals surface area contributed by atoms with Gasteiger partial charge in [-0.3, -0.25) is 4.90 Å². The third-order valence-corrected chi connectivity index (χ3v) is 11.0. The number of nitrogens with zero attached hydrogens (tertiary/aromatic N) is 1. The number of anilines is 2. The van der Waals surface area contributed by atoms with Crippen LogP contribution in [0.3, 0.4) is 0 Å². The zero-order valence-corrected chi connectivity index (χ0v) is 20.6. The van der Waals surface area contributed by atoms with E-state index in [9.17, 15) is 8.78 Å². The van der Waals surface area contributed by atoms with Gasteiger partial charge in [0.2, 0.25) is 8.32 Å². The fraction of sp³-hybridized carbons (Fsp3) is 0.520. The molecule has 1 saturated heterocycles. The van der Waals surface area contributed by atoms with Gasteiger partial charge in [-0.25, -0.2) is 8.78 Å². The van der Waals surface area contributed by atoms with Gasteiger partial charge in [-0.1, -0.05) is 32.9 Å². The summed E-state index contributed by atoms with van der Waals surface area (Å²) >= 11 is 0. The lowest BCUT2D eigenvalue weighted by Crippen LogP contribution is -2.43. The van der Waals surface area contributed by atoms with Crippen molar-refractivity contribution in [2.75, 3.05) is 18.4 Å². The van der Waals surface area contributed by atoms with Gasteiger partial charge >= 0.3 is 0 Å². The number of likely N-dealkylation sites (tertiary alicyclic amines) is 1. The number of rotatable bonds is 6. The zero-order chi connectivity index (χ0) is 22.9. The molecule has 1 atom stereocenters. The number of piperidine rings is 1. The van der Waals surface area contributed by atoms with Crippen LogP contribution in [0.1, 0.15) is 52.1 Å². The van der Waals surface area contributed by atoms with Crippen molar-refractivity contribution in [3.05, 3.63) is 54.1 Å². The van der Waals surface area contributed by atoms with E-state index < -0.39 is 14.2 Å². The van der Waals surface area contributed by atoms with Gasteiger partial charge in [-0.05, 0) is 80.0 Å². The Morgan fingerprint density at radius 1 is 1.00 bits per heavy atom. The Labute approximate surface area is 186 Å². The lowest BCUT2D eigenvalue weighted by molar-refractivity contribution is -0.0737. The number of benzene rings is 2. The van der Waals surface area contributed by atoms with E-state index in [4.69, 9.17) is 4.43 Å². The third-order valence-electron chi connectivity index (χ3n) is 6.69. The van der Waals surface area contributed by atoms with Crippen molar-refractivity contribution in [2.45, 2.75) is 70.6 Å². The largest absolute Gasteiger partial charge is 0.544 e. The molecule has 6 heteroatoms. The number of hydrogen-bond donors (Lipinski definition) is 1. The summed E-state index contributed by atoms with van der Waals surface area (Å²) in [4.78, 5) is 1.88. The molecule has 3 nitrogen and oxygen atoms in total. The Hall–Kier alpha value is -1.92. The van der Waals surface area contributed by atoms with Gasteiger partial charge in [0, 0.05) is 23.8 Å². The van der Waals surface area contributed by atoms with Crippen LogP contribution in [0.2, 0.25) is 18.1 Å². The fourth-order valence-electron chi connectivity index (χ4n) is 3.60. The summed E-state index contributed by atoms with van der Waals surface area (Å²) < 4.78 is 33.9. The normalized spacial score (nSPS) is 18.5. The molecule has 1 unspecified atom stereocenters. The van der Waals surface area contributed by atoms with Gasteiger partial charge < -0.3 is 9.74 Å². The minimum Gasteiger partial charge on any atom is -0.544 e. The fourth-order valence-corrected chi connectivity index (χ4v) is 4.63. The molecule has 0 spiro atoms. The summed E-state index contributed by atoms with van der Waals surface area (Å²) in [6, 6.07) is 16.1. The van der Waals surface area contributed by atoms with E-state index in [1.807, 2.05) is 60.4 Å². The highest BCUT2D eigenvalue weighted by atomic mass is 28.4. The Morgan fingerprint density at radius 2 is 1.55 bits per heavy atom. The highest BCUT2D eigenvalue weighted by Gasteiger charge is 2.39. The van der Waals surface area contributed by atoms with Gasteiger partial charge in [-0.15, -0.1) is 0 Å². The van der Waals surface area contributed by atoms with Crippen molar-refractivity contribution >= 4 is 19.7 Å². The molecule has 1 heterocycles. The maximum Gasteiger partial charge on any atom is 0.260 e. The second-order valence-electron chi connectivity index (χ2n) is 10.2. The van der Waals surface area contributed by atoms with E-state index >= 15 is 0 Å². The van der Waals surface area contributed by atoms with Crippen LogP contribution in [0.15, 0.2) is 48.5 Å². The number of halogens is 2. The first kappa shape index (κ1) is 23.7. The molecule has 0 saturated carbocycles.